The molecule has 136 valence electrons. The first-order valence-electron chi connectivity index (χ1n) is 8.96. The van der Waals surface area contributed by atoms with Crippen molar-refractivity contribution in [1.29, 1.82) is 0 Å². The van der Waals surface area contributed by atoms with Crippen LogP contribution in [0.15, 0.2) is 28.8 Å². The van der Waals surface area contributed by atoms with E-state index in [-0.39, 0.29) is 17.6 Å². The lowest BCUT2D eigenvalue weighted by Gasteiger charge is -2.33. The van der Waals surface area contributed by atoms with Crippen LogP contribution in [-0.4, -0.2) is 52.7 Å². The summed E-state index contributed by atoms with van der Waals surface area (Å²) in [6, 6.07) is 0. The number of aromatic nitrogens is 2. The number of nitrogens with zero attached hydrogens (tertiary/aromatic N) is 3. The standard InChI is InChI=1S/C18H26N4O3/c1-21-8-7-19-17(18(21)24)20-12-15-13-22(9-10-25-15)16(23)11-14-5-3-2-4-6-14/h5,7-8,15H,2-4,6,9-13H2,1H3,(H,19,20)/t15-/m1/s1. The maximum Gasteiger partial charge on any atom is 0.293 e. The fourth-order valence-corrected chi connectivity index (χ4v) is 3.27. The molecular weight excluding hydrogens is 320 g/mol. The number of aryl methyl sites for hydroxylation is 1. The van der Waals surface area contributed by atoms with Gasteiger partial charge in [0.2, 0.25) is 5.91 Å². The Labute approximate surface area is 147 Å². The van der Waals surface area contributed by atoms with Gasteiger partial charge in [0.1, 0.15) is 0 Å². The average molecular weight is 346 g/mol. The zero-order valence-electron chi connectivity index (χ0n) is 14.7. The van der Waals surface area contributed by atoms with Gasteiger partial charge >= 0.3 is 0 Å². The van der Waals surface area contributed by atoms with Crippen LogP contribution in [0.1, 0.15) is 32.1 Å². The SMILES string of the molecule is Cn1ccnc(NC[C@@H]2CN(C(=O)CC3=CCCCC3)CCO2)c1=O. The lowest BCUT2D eigenvalue weighted by Crippen LogP contribution is -2.48. The number of amides is 1. The van der Waals surface area contributed by atoms with Gasteiger partial charge in [-0.3, -0.25) is 9.59 Å². The summed E-state index contributed by atoms with van der Waals surface area (Å²) in [6.07, 6.45) is 10.4. The zero-order valence-corrected chi connectivity index (χ0v) is 14.7. The van der Waals surface area contributed by atoms with Crippen molar-refractivity contribution in [2.75, 3.05) is 31.6 Å². The number of carbonyl (C=O) groups excluding carboxylic acids is 1. The molecule has 1 amide bonds. The van der Waals surface area contributed by atoms with E-state index < -0.39 is 0 Å². The predicted molar refractivity (Wildman–Crippen MR) is 95.5 cm³/mol. The molecule has 1 aromatic rings. The number of rotatable bonds is 5. The van der Waals surface area contributed by atoms with Crippen LogP contribution in [-0.2, 0) is 16.6 Å². The second-order valence-corrected chi connectivity index (χ2v) is 6.69. The molecule has 0 aromatic carbocycles. The van der Waals surface area contributed by atoms with Gasteiger partial charge in [0.05, 0.1) is 12.7 Å². The monoisotopic (exact) mass is 346 g/mol. The van der Waals surface area contributed by atoms with E-state index in [2.05, 4.69) is 16.4 Å². The molecule has 1 atom stereocenters. The van der Waals surface area contributed by atoms with E-state index in [0.717, 1.165) is 12.8 Å². The summed E-state index contributed by atoms with van der Waals surface area (Å²) in [5, 5.41) is 3.05. The zero-order chi connectivity index (χ0) is 17.6. The highest BCUT2D eigenvalue weighted by Gasteiger charge is 2.25. The second-order valence-electron chi connectivity index (χ2n) is 6.69. The normalized spacial score (nSPS) is 20.9. The van der Waals surface area contributed by atoms with Crippen molar-refractivity contribution >= 4 is 11.7 Å². The Hall–Kier alpha value is -2.15. The maximum atomic E-state index is 12.5. The highest BCUT2D eigenvalue weighted by atomic mass is 16.5. The summed E-state index contributed by atoms with van der Waals surface area (Å²) in [5.41, 5.74) is 1.10. The van der Waals surface area contributed by atoms with Gasteiger partial charge < -0.3 is 19.5 Å². The van der Waals surface area contributed by atoms with Crippen LogP contribution in [0.25, 0.3) is 0 Å². The largest absolute Gasteiger partial charge is 0.373 e. The fraction of sp³-hybridized carbons (Fsp3) is 0.611. The molecule has 1 N–H and O–H groups in total. The molecular formula is C18H26N4O3. The van der Waals surface area contributed by atoms with Gasteiger partial charge in [-0.05, 0) is 25.7 Å². The maximum absolute atomic E-state index is 12.5. The van der Waals surface area contributed by atoms with Crippen molar-refractivity contribution < 1.29 is 9.53 Å². The van der Waals surface area contributed by atoms with Crippen LogP contribution < -0.4 is 10.9 Å². The van der Waals surface area contributed by atoms with Crippen molar-refractivity contribution in [2.45, 2.75) is 38.2 Å². The lowest BCUT2D eigenvalue weighted by molar-refractivity contribution is -0.137. The predicted octanol–water partition coefficient (Wildman–Crippen LogP) is 1.31. The number of nitrogens with one attached hydrogen (secondary N) is 1. The Kier molecular flexibility index (Phi) is 5.86. The van der Waals surface area contributed by atoms with Crippen LogP contribution in [0.3, 0.4) is 0 Å². The first kappa shape index (κ1) is 17.7. The first-order valence-corrected chi connectivity index (χ1v) is 8.96. The van der Waals surface area contributed by atoms with Crippen molar-refractivity contribution in [3.63, 3.8) is 0 Å². The third kappa shape index (κ3) is 4.69. The molecule has 2 heterocycles. The second kappa shape index (κ2) is 8.29. The average Bonchev–Trinajstić information content (AvgIpc) is 2.64. The molecule has 0 saturated carbocycles. The molecule has 1 fully saturated rings. The number of carbonyl (C=O) groups is 1. The minimum atomic E-state index is -0.171. The number of ether oxygens (including phenoxy) is 1. The minimum absolute atomic E-state index is 0.134. The molecule has 1 aliphatic carbocycles. The molecule has 0 unspecified atom stereocenters. The third-order valence-electron chi connectivity index (χ3n) is 4.77. The fourth-order valence-electron chi connectivity index (χ4n) is 3.27. The van der Waals surface area contributed by atoms with E-state index in [4.69, 9.17) is 4.74 Å². The van der Waals surface area contributed by atoms with Crippen LogP contribution in [0.5, 0.6) is 0 Å². The Morgan fingerprint density at radius 1 is 1.44 bits per heavy atom. The molecule has 0 bridgehead atoms. The third-order valence-corrected chi connectivity index (χ3v) is 4.77. The Bertz CT molecular complexity index is 698. The van der Waals surface area contributed by atoms with Gasteiger partial charge in [-0.15, -0.1) is 0 Å². The molecule has 2 aliphatic rings. The molecule has 7 nitrogen and oxygen atoms in total. The van der Waals surface area contributed by atoms with Crippen LogP contribution >= 0.6 is 0 Å². The summed E-state index contributed by atoms with van der Waals surface area (Å²) in [6.45, 7) is 2.16. The Morgan fingerprint density at radius 2 is 2.32 bits per heavy atom. The van der Waals surface area contributed by atoms with E-state index in [1.165, 1.54) is 23.0 Å². The molecule has 1 aromatic heterocycles. The lowest BCUT2D eigenvalue weighted by atomic mass is 9.97. The minimum Gasteiger partial charge on any atom is -0.373 e. The van der Waals surface area contributed by atoms with Crippen LogP contribution in [0, 0.1) is 0 Å². The van der Waals surface area contributed by atoms with Gasteiger partial charge in [0.25, 0.3) is 5.56 Å². The van der Waals surface area contributed by atoms with Crippen LogP contribution in [0.2, 0.25) is 0 Å². The number of anilines is 1. The van der Waals surface area contributed by atoms with E-state index in [9.17, 15) is 9.59 Å². The van der Waals surface area contributed by atoms with Crippen LogP contribution in [0.4, 0.5) is 5.82 Å². The summed E-state index contributed by atoms with van der Waals surface area (Å²) in [4.78, 5) is 30.4. The van der Waals surface area contributed by atoms with Gasteiger partial charge in [0, 0.05) is 45.5 Å². The first-order chi connectivity index (χ1) is 12.1. The topological polar surface area (TPSA) is 76.5 Å². The van der Waals surface area contributed by atoms with E-state index in [1.54, 1.807) is 19.4 Å². The molecule has 0 radical (unpaired) electrons. The smallest absolute Gasteiger partial charge is 0.293 e. The van der Waals surface area contributed by atoms with E-state index >= 15 is 0 Å². The van der Waals surface area contributed by atoms with Gasteiger partial charge in [-0.2, -0.15) is 0 Å². The van der Waals surface area contributed by atoms with Gasteiger partial charge in [-0.1, -0.05) is 11.6 Å². The number of allylic oxidation sites excluding steroid dienone is 1. The summed E-state index contributed by atoms with van der Waals surface area (Å²) >= 11 is 0. The number of hydrogen-bond donors (Lipinski definition) is 1. The molecule has 1 saturated heterocycles. The molecule has 25 heavy (non-hydrogen) atoms. The number of hydrogen-bond acceptors (Lipinski definition) is 5. The highest BCUT2D eigenvalue weighted by Crippen LogP contribution is 2.21. The van der Waals surface area contributed by atoms with Crippen molar-refractivity contribution in [2.24, 2.45) is 7.05 Å². The van der Waals surface area contributed by atoms with Crippen molar-refractivity contribution in [3.8, 4) is 0 Å². The molecule has 3 rings (SSSR count). The Morgan fingerprint density at radius 3 is 3.12 bits per heavy atom. The van der Waals surface area contributed by atoms with E-state index in [0.29, 0.717) is 38.5 Å². The van der Waals surface area contributed by atoms with Crippen molar-refractivity contribution in [1.82, 2.24) is 14.5 Å². The van der Waals surface area contributed by atoms with Gasteiger partial charge in [-0.25, -0.2) is 4.98 Å². The summed E-state index contributed by atoms with van der Waals surface area (Å²) < 4.78 is 7.21. The number of morpholine rings is 1. The summed E-state index contributed by atoms with van der Waals surface area (Å²) in [7, 11) is 1.69. The Balaban J connectivity index is 1.52. The molecule has 7 heteroatoms. The van der Waals surface area contributed by atoms with Crippen molar-refractivity contribution in [3.05, 3.63) is 34.4 Å². The molecule has 0 spiro atoms. The highest BCUT2D eigenvalue weighted by molar-refractivity contribution is 5.78. The summed E-state index contributed by atoms with van der Waals surface area (Å²) in [5.74, 6) is 0.486. The van der Waals surface area contributed by atoms with E-state index in [1.807, 2.05) is 4.90 Å². The van der Waals surface area contributed by atoms with Gasteiger partial charge in [0.15, 0.2) is 5.82 Å². The molecule has 1 aliphatic heterocycles. The quantitative estimate of drug-likeness (QED) is 0.814.